The van der Waals surface area contributed by atoms with Crippen molar-refractivity contribution in [2.24, 2.45) is 4.99 Å². The molecule has 0 saturated heterocycles. The van der Waals surface area contributed by atoms with Gasteiger partial charge in [-0.05, 0) is 76.6 Å². The van der Waals surface area contributed by atoms with E-state index < -0.39 is 18.0 Å². The fourth-order valence-electron chi connectivity index (χ4n) is 5.24. The number of carbonyl (C=O) groups is 2. The summed E-state index contributed by atoms with van der Waals surface area (Å²) in [5.41, 5.74) is 2.62. The van der Waals surface area contributed by atoms with Gasteiger partial charge < -0.3 is 18.9 Å². The molecule has 2 heterocycles. The van der Waals surface area contributed by atoms with E-state index in [2.05, 4.69) is 4.99 Å². The van der Waals surface area contributed by atoms with Gasteiger partial charge in [0.2, 0.25) is 0 Å². The maximum Gasteiger partial charge on any atom is 0.338 e. The monoisotopic (exact) mass is 708 g/mol. The van der Waals surface area contributed by atoms with Gasteiger partial charge in [0.15, 0.2) is 4.80 Å². The third-order valence-corrected chi connectivity index (χ3v) is 8.75. The van der Waals surface area contributed by atoms with E-state index in [1.807, 2.05) is 38.1 Å². The van der Waals surface area contributed by atoms with Gasteiger partial charge in [-0.1, -0.05) is 64.9 Å². The number of thiazole rings is 1. The summed E-state index contributed by atoms with van der Waals surface area (Å²) in [6.07, 6.45) is 1.50. The highest BCUT2D eigenvalue weighted by Crippen LogP contribution is 2.37. The van der Waals surface area contributed by atoms with Crippen LogP contribution in [0.1, 0.15) is 67.7 Å². The van der Waals surface area contributed by atoms with Crippen LogP contribution in [0, 0.1) is 0 Å². The van der Waals surface area contributed by atoms with Crippen LogP contribution < -0.4 is 24.4 Å². The lowest BCUT2D eigenvalue weighted by atomic mass is 9.95. The van der Waals surface area contributed by atoms with Crippen LogP contribution in [0.5, 0.6) is 11.5 Å². The lowest BCUT2D eigenvalue weighted by molar-refractivity contribution is -0.139. The molecule has 0 fully saturated rings. The smallest absolute Gasteiger partial charge is 0.338 e. The summed E-state index contributed by atoms with van der Waals surface area (Å²) < 4.78 is 24.6. The minimum Gasteiger partial charge on any atom is -0.491 e. The number of hydrogen-bond donors (Lipinski definition) is 0. The normalized spacial score (nSPS) is 14.4. The molecule has 48 heavy (non-hydrogen) atoms. The van der Waals surface area contributed by atoms with E-state index in [9.17, 15) is 14.4 Å². The van der Waals surface area contributed by atoms with Crippen LogP contribution in [0.2, 0.25) is 10.0 Å². The number of aromatic nitrogens is 1. The molecular weight excluding hydrogens is 675 g/mol. The second-order valence-corrected chi connectivity index (χ2v) is 12.9. The Morgan fingerprint density at radius 3 is 2.38 bits per heavy atom. The maximum absolute atomic E-state index is 14.3. The predicted octanol–water partition coefficient (Wildman–Crippen LogP) is 6.65. The number of rotatable bonds is 11. The number of allylic oxidation sites excluding steroid dienone is 1. The standard InChI is InChI=1S/C36H34Cl2N2O7S/c1-6-44-34(42)23-14-12-22(13-15-23)19-46-32-24(16-25(37)18-27(32)38)17-29-33(41)40-31(26-10-8-9-11-28(26)47-20(3)4)30(35(43)45-7-2)21(5)39-36(40)48-29/h8-18,20,31H,6-7,19H2,1-5H3/b29-17-/t31-/m1/s1. The van der Waals surface area contributed by atoms with Gasteiger partial charge in [0.05, 0.1) is 45.7 Å². The van der Waals surface area contributed by atoms with Crippen molar-refractivity contribution in [2.45, 2.75) is 53.4 Å². The minimum atomic E-state index is -0.853. The highest BCUT2D eigenvalue weighted by atomic mass is 35.5. The molecule has 1 atom stereocenters. The summed E-state index contributed by atoms with van der Waals surface area (Å²) in [5.74, 6) is -0.115. The van der Waals surface area contributed by atoms with Crippen LogP contribution in [0.3, 0.4) is 0 Å². The second kappa shape index (κ2) is 15.2. The van der Waals surface area contributed by atoms with Gasteiger partial charge in [-0.3, -0.25) is 9.36 Å². The summed E-state index contributed by atoms with van der Waals surface area (Å²) in [5, 5.41) is 0.603. The largest absolute Gasteiger partial charge is 0.491 e. The Kier molecular flexibility index (Phi) is 11.1. The summed E-state index contributed by atoms with van der Waals surface area (Å²) in [4.78, 5) is 44.8. The van der Waals surface area contributed by atoms with Crippen LogP contribution >= 0.6 is 34.5 Å². The Labute approximate surface area is 291 Å². The Morgan fingerprint density at radius 1 is 1.00 bits per heavy atom. The number of carbonyl (C=O) groups excluding carboxylic acids is 2. The first-order valence-corrected chi connectivity index (χ1v) is 16.9. The van der Waals surface area contributed by atoms with Crippen molar-refractivity contribution < 1.29 is 28.5 Å². The molecule has 1 aliphatic heterocycles. The van der Waals surface area contributed by atoms with Crippen molar-refractivity contribution >= 4 is 52.6 Å². The Bertz CT molecular complexity index is 2070. The van der Waals surface area contributed by atoms with Gasteiger partial charge in [-0.25, -0.2) is 14.6 Å². The first kappa shape index (κ1) is 34.9. The molecule has 4 aromatic rings. The molecule has 0 unspecified atom stereocenters. The number of hydrogen-bond acceptors (Lipinski definition) is 9. The van der Waals surface area contributed by atoms with E-state index in [1.165, 1.54) is 4.57 Å². The zero-order valence-electron chi connectivity index (χ0n) is 27.0. The number of nitrogens with zero attached hydrogens (tertiary/aromatic N) is 2. The Hall–Kier alpha value is -4.38. The van der Waals surface area contributed by atoms with Crippen LogP contribution in [0.25, 0.3) is 6.08 Å². The highest BCUT2D eigenvalue weighted by molar-refractivity contribution is 7.07. The first-order chi connectivity index (χ1) is 23.0. The molecule has 1 aliphatic rings. The van der Waals surface area contributed by atoms with Crippen molar-refractivity contribution in [2.75, 3.05) is 13.2 Å². The van der Waals surface area contributed by atoms with Crippen molar-refractivity contribution in [3.8, 4) is 11.5 Å². The number of fused-ring (bicyclic) bond motifs is 1. The fourth-order valence-corrected chi connectivity index (χ4v) is 6.84. The van der Waals surface area contributed by atoms with Gasteiger partial charge in [0.1, 0.15) is 24.1 Å². The van der Waals surface area contributed by atoms with Crippen LogP contribution in [-0.4, -0.2) is 35.8 Å². The van der Waals surface area contributed by atoms with Crippen LogP contribution in [0.4, 0.5) is 0 Å². The third-order valence-electron chi connectivity index (χ3n) is 7.27. The average molecular weight is 710 g/mol. The first-order valence-electron chi connectivity index (χ1n) is 15.4. The molecule has 250 valence electrons. The molecule has 3 aromatic carbocycles. The average Bonchev–Trinajstić information content (AvgIpc) is 3.34. The molecule has 0 aliphatic carbocycles. The number of ether oxygens (including phenoxy) is 4. The predicted molar refractivity (Wildman–Crippen MR) is 186 cm³/mol. The van der Waals surface area contributed by atoms with Crippen molar-refractivity contribution in [1.82, 2.24) is 4.57 Å². The van der Waals surface area contributed by atoms with E-state index in [-0.39, 0.29) is 42.1 Å². The topological polar surface area (TPSA) is 105 Å². The molecule has 1 aromatic heterocycles. The lowest BCUT2D eigenvalue weighted by Crippen LogP contribution is -2.40. The number of esters is 2. The number of benzene rings is 3. The van der Waals surface area contributed by atoms with E-state index in [1.54, 1.807) is 63.2 Å². The molecule has 9 nitrogen and oxygen atoms in total. The lowest BCUT2D eigenvalue weighted by Gasteiger charge is -2.26. The Balaban J connectivity index is 1.60. The van der Waals surface area contributed by atoms with E-state index >= 15 is 0 Å². The zero-order valence-corrected chi connectivity index (χ0v) is 29.4. The maximum atomic E-state index is 14.3. The van der Waals surface area contributed by atoms with Crippen molar-refractivity contribution in [1.29, 1.82) is 0 Å². The second-order valence-electron chi connectivity index (χ2n) is 11.0. The number of para-hydroxylation sites is 1. The molecule has 0 bridgehead atoms. The third kappa shape index (κ3) is 7.51. The fraction of sp³-hybridized carbons (Fsp3) is 0.278. The summed E-state index contributed by atoms with van der Waals surface area (Å²) in [7, 11) is 0. The van der Waals surface area contributed by atoms with Gasteiger partial charge >= 0.3 is 11.9 Å². The van der Waals surface area contributed by atoms with E-state index in [0.717, 1.165) is 16.9 Å². The number of halogens is 2. The molecular formula is C36H34Cl2N2O7S. The van der Waals surface area contributed by atoms with Crippen molar-refractivity contribution in [3.63, 3.8) is 0 Å². The van der Waals surface area contributed by atoms with E-state index in [4.69, 9.17) is 42.1 Å². The van der Waals surface area contributed by atoms with Gasteiger partial charge in [-0.15, -0.1) is 0 Å². The quantitative estimate of drug-likeness (QED) is 0.161. The molecule has 5 rings (SSSR count). The SMILES string of the molecule is CCOC(=O)C1=C(C)N=c2s/c(=C\c3cc(Cl)cc(Cl)c3OCc3ccc(C(=O)OCC)cc3)c(=O)n2[C@@H]1c1ccccc1OC(C)C. The summed E-state index contributed by atoms with van der Waals surface area (Å²) in [6.45, 7) is 9.58. The summed E-state index contributed by atoms with van der Waals surface area (Å²) >= 11 is 14.2. The molecule has 0 saturated carbocycles. The highest BCUT2D eigenvalue weighted by Gasteiger charge is 2.35. The molecule has 0 N–H and O–H groups in total. The van der Waals surface area contributed by atoms with Gasteiger partial charge in [-0.2, -0.15) is 0 Å². The molecule has 0 amide bonds. The van der Waals surface area contributed by atoms with Crippen LogP contribution in [-0.2, 0) is 20.9 Å². The zero-order chi connectivity index (χ0) is 34.5. The van der Waals surface area contributed by atoms with Crippen LogP contribution in [0.15, 0.2) is 81.7 Å². The van der Waals surface area contributed by atoms with E-state index in [0.29, 0.717) is 48.2 Å². The molecule has 12 heteroatoms. The van der Waals surface area contributed by atoms with Gasteiger partial charge in [0.25, 0.3) is 5.56 Å². The summed E-state index contributed by atoms with van der Waals surface area (Å²) in [6, 6.07) is 16.5. The molecule has 0 spiro atoms. The van der Waals surface area contributed by atoms with Gasteiger partial charge in [0, 0.05) is 16.1 Å². The minimum absolute atomic E-state index is 0.126. The van der Waals surface area contributed by atoms with Crippen molar-refractivity contribution in [3.05, 3.63) is 124 Å². The molecule has 0 radical (unpaired) electrons. The Morgan fingerprint density at radius 2 is 1.69 bits per heavy atom.